The van der Waals surface area contributed by atoms with Crippen LogP contribution in [0, 0.1) is 0 Å². The quantitative estimate of drug-likeness (QED) is 0.446. The lowest BCUT2D eigenvalue weighted by Gasteiger charge is -2.11. The van der Waals surface area contributed by atoms with Gasteiger partial charge in [-0.3, -0.25) is 0 Å². The Labute approximate surface area is 166 Å². The number of hydrogen-bond donors (Lipinski definition) is 2. The molecule has 150 valence electrons. The molecular formula is C23H28O5. The Morgan fingerprint density at radius 2 is 1.46 bits per heavy atom. The smallest absolute Gasteiger partial charge is 0.337 e. The minimum atomic E-state index is -1.26. The SMILES string of the molecule is CCCCCCCCCOc1ccc(-c2cccc(C(=O)O)c2C(=O)O)cc1. The maximum atomic E-state index is 11.6. The van der Waals surface area contributed by atoms with Crippen molar-refractivity contribution < 1.29 is 24.5 Å². The number of aromatic carboxylic acids is 2. The van der Waals surface area contributed by atoms with Crippen molar-refractivity contribution in [3.63, 3.8) is 0 Å². The number of ether oxygens (including phenoxy) is 1. The molecule has 2 N–H and O–H groups in total. The number of carboxylic acid groups (broad SMARTS) is 2. The molecule has 0 saturated carbocycles. The van der Waals surface area contributed by atoms with Gasteiger partial charge in [-0.25, -0.2) is 9.59 Å². The summed E-state index contributed by atoms with van der Waals surface area (Å²) in [5, 5.41) is 18.7. The lowest BCUT2D eigenvalue weighted by molar-refractivity contribution is 0.0652. The van der Waals surface area contributed by atoms with E-state index in [-0.39, 0.29) is 11.1 Å². The molecule has 0 bridgehead atoms. The first kappa shape index (κ1) is 21.5. The molecule has 0 aliphatic heterocycles. The fraction of sp³-hybridized carbons (Fsp3) is 0.391. The van der Waals surface area contributed by atoms with Crippen LogP contribution in [0.5, 0.6) is 5.75 Å². The van der Waals surface area contributed by atoms with E-state index >= 15 is 0 Å². The van der Waals surface area contributed by atoms with E-state index in [0.29, 0.717) is 17.7 Å². The first-order valence-corrected chi connectivity index (χ1v) is 9.87. The van der Waals surface area contributed by atoms with Gasteiger partial charge >= 0.3 is 11.9 Å². The van der Waals surface area contributed by atoms with Crippen LogP contribution in [0.3, 0.4) is 0 Å². The van der Waals surface area contributed by atoms with Crippen molar-refractivity contribution in [2.45, 2.75) is 51.9 Å². The molecule has 0 heterocycles. The zero-order valence-electron chi connectivity index (χ0n) is 16.3. The van der Waals surface area contributed by atoms with Crippen molar-refractivity contribution in [3.8, 4) is 16.9 Å². The second-order valence-electron chi connectivity index (χ2n) is 6.83. The van der Waals surface area contributed by atoms with E-state index < -0.39 is 11.9 Å². The van der Waals surface area contributed by atoms with Crippen molar-refractivity contribution >= 4 is 11.9 Å². The Morgan fingerprint density at radius 3 is 2.07 bits per heavy atom. The van der Waals surface area contributed by atoms with Crippen molar-refractivity contribution in [2.75, 3.05) is 6.61 Å². The highest BCUT2D eigenvalue weighted by Gasteiger charge is 2.20. The third kappa shape index (κ3) is 6.12. The van der Waals surface area contributed by atoms with Crippen LogP contribution in [0.2, 0.25) is 0 Å². The third-order valence-corrected chi connectivity index (χ3v) is 4.69. The van der Waals surface area contributed by atoms with Gasteiger partial charge in [-0.1, -0.05) is 69.7 Å². The highest BCUT2D eigenvalue weighted by Crippen LogP contribution is 2.28. The summed E-state index contributed by atoms with van der Waals surface area (Å²) in [6.45, 7) is 2.87. The van der Waals surface area contributed by atoms with Crippen LogP contribution >= 0.6 is 0 Å². The highest BCUT2D eigenvalue weighted by atomic mass is 16.5. The molecule has 0 saturated heterocycles. The number of benzene rings is 2. The second-order valence-corrected chi connectivity index (χ2v) is 6.83. The number of rotatable bonds is 12. The predicted octanol–water partition coefficient (Wildman–Crippen LogP) is 5.88. The van der Waals surface area contributed by atoms with Crippen LogP contribution in [0.25, 0.3) is 11.1 Å². The molecule has 2 aromatic carbocycles. The predicted molar refractivity (Wildman–Crippen MR) is 109 cm³/mol. The lowest BCUT2D eigenvalue weighted by Crippen LogP contribution is -2.09. The summed E-state index contributed by atoms with van der Waals surface area (Å²) < 4.78 is 5.75. The van der Waals surface area contributed by atoms with Gasteiger partial charge in [0.05, 0.1) is 17.7 Å². The Balaban J connectivity index is 1.95. The Hall–Kier alpha value is -2.82. The van der Waals surface area contributed by atoms with E-state index in [1.807, 2.05) is 0 Å². The van der Waals surface area contributed by atoms with Crippen LogP contribution in [-0.4, -0.2) is 28.8 Å². The number of carbonyl (C=O) groups is 2. The van der Waals surface area contributed by atoms with E-state index in [9.17, 15) is 19.8 Å². The summed E-state index contributed by atoms with van der Waals surface area (Å²) in [5.41, 5.74) is 0.603. The molecule has 0 unspecified atom stereocenters. The number of hydrogen-bond acceptors (Lipinski definition) is 3. The first-order chi connectivity index (χ1) is 13.5. The Bertz CT molecular complexity index is 780. The summed E-state index contributed by atoms with van der Waals surface area (Å²) in [6.07, 6.45) is 8.56. The van der Waals surface area contributed by atoms with Crippen LogP contribution in [0.4, 0.5) is 0 Å². The fourth-order valence-electron chi connectivity index (χ4n) is 3.18. The summed E-state index contributed by atoms with van der Waals surface area (Å²) in [7, 11) is 0. The van der Waals surface area contributed by atoms with E-state index in [4.69, 9.17) is 4.74 Å². The molecule has 0 amide bonds. The van der Waals surface area contributed by atoms with Crippen molar-refractivity contribution in [1.82, 2.24) is 0 Å². The van der Waals surface area contributed by atoms with Gasteiger partial charge in [0.2, 0.25) is 0 Å². The molecule has 0 aliphatic carbocycles. The minimum absolute atomic E-state index is 0.202. The fourth-order valence-corrected chi connectivity index (χ4v) is 3.18. The minimum Gasteiger partial charge on any atom is -0.494 e. The van der Waals surface area contributed by atoms with Crippen molar-refractivity contribution in [1.29, 1.82) is 0 Å². The molecule has 0 spiro atoms. The standard InChI is InChI=1S/C23H28O5/c1-2-3-4-5-6-7-8-16-28-18-14-12-17(13-15-18)19-10-9-11-20(22(24)25)21(19)23(26)27/h9-15H,2-8,16H2,1H3,(H,24,25)(H,26,27). The van der Waals surface area contributed by atoms with Crippen molar-refractivity contribution in [2.24, 2.45) is 0 Å². The lowest BCUT2D eigenvalue weighted by atomic mass is 9.95. The van der Waals surface area contributed by atoms with Gasteiger partial charge in [-0.05, 0) is 35.7 Å². The van der Waals surface area contributed by atoms with Gasteiger partial charge in [0, 0.05) is 0 Å². The van der Waals surface area contributed by atoms with Gasteiger partial charge in [-0.2, -0.15) is 0 Å². The number of unbranched alkanes of at least 4 members (excludes halogenated alkanes) is 6. The monoisotopic (exact) mass is 384 g/mol. The molecule has 0 atom stereocenters. The zero-order chi connectivity index (χ0) is 20.4. The molecule has 0 aliphatic rings. The summed E-state index contributed by atoms with van der Waals surface area (Å²) in [6, 6.07) is 11.6. The first-order valence-electron chi connectivity index (χ1n) is 9.87. The molecule has 28 heavy (non-hydrogen) atoms. The largest absolute Gasteiger partial charge is 0.494 e. The molecule has 0 fully saturated rings. The summed E-state index contributed by atoms with van der Waals surface area (Å²) in [5.74, 6) is -1.79. The molecule has 5 nitrogen and oxygen atoms in total. The normalized spacial score (nSPS) is 10.6. The summed E-state index contributed by atoms with van der Waals surface area (Å²) >= 11 is 0. The summed E-state index contributed by atoms with van der Waals surface area (Å²) in [4.78, 5) is 22.9. The van der Waals surface area contributed by atoms with E-state index in [0.717, 1.165) is 18.6 Å². The molecular weight excluding hydrogens is 356 g/mol. The number of carboxylic acids is 2. The van der Waals surface area contributed by atoms with Gasteiger partial charge in [0.1, 0.15) is 5.75 Å². The van der Waals surface area contributed by atoms with E-state index in [1.54, 1.807) is 36.4 Å². The molecule has 5 heteroatoms. The van der Waals surface area contributed by atoms with Crippen LogP contribution in [-0.2, 0) is 0 Å². The molecule has 2 aromatic rings. The van der Waals surface area contributed by atoms with Gasteiger partial charge < -0.3 is 14.9 Å². The topological polar surface area (TPSA) is 83.8 Å². The van der Waals surface area contributed by atoms with Gasteiger partial charge in [-0.15, -0.1) is 0 Å². The molecule has 2 rings (SSSR count). The Kier molecular flexibility index (Phi) is 8.53. The van der Waals surface area contributed by atoms with Crippen molar-refractivity contribution in [3.05, 3.63) is 53.6 Å². The average Bonchev–Trinajstić information content (AvgIpc) is 2.69. The Morgan fingerprint density at radius 1 is 0.821 bits per heavy atom. The molecule has 0 radical (unpaired) electrons. The van der Waals surface area contributed by atoms with Gasteiger partial charge in [0.25, 0.3) is 0 Å². The van der Waals surface area contributed by atoms with E-state index in [2.05, 4.69) is 6.92 Å². The van der Waals surface area contributed by atoms with Gasteiger partial charge in [0.15, 0.2) is 0 Å². The average molecular weight is 384 g/mol. The highest BCUT2D eigenvalue weighted by molar-refractivity contribution is 6.06. The third-order valence-electron chi connectivity index (χ3n) is 4.69. The molecule has 0 aromatic heterocycles. The maximum absolute atomic E-state index is 11.6. The van der Waals surface area contributed by atoms with E-state index in [1.165, 1.54) is 38.2 Å². The maximum Gasteiger partial charge on any atom is 0.337 e. The van der Waals surface area contributed by atoms with Crippen LogP contribution in [0.1, 0.15) is 72.6 Å². The second kappa shape index (κ2) is 11.1. The van der Waals surface area contributed by atoms with Crippen LogP contribution < -0.4 is 4.74 Å². The zero-order valence-corrected chi connectivity index (χ0v) is 16.3. The van der Waals surface area contributed by atoms with Crippen LogP contribution in [0.15, 0.2) is 42.5 Å².